The highest BCUT2D eigenvalue weighted by Crippen LogP contribution is 2.35. The molecule has 1 N–H and O–H groups in total. The lowest BCUT2D eigenvalue weighted by Gasteiger charge is -2.21. The first kappa shape index (κ1) is 13.5. The van der Waals surface area contributed by atoms with Crippen LogP contribution in [0.15, 0.2) is 12.1 Å². The molecular formula is C15H20N2O2. The second-order valence-electron chi connectivity index (χ2n) is 5.17. The Bertz CT molecular complexity index is 492. The van der Waals surface area contributed by atoms with Gasteiger partial charge in [-0.25, -0.2) is 0 Å². The first-order valence-electron chi connectivity index (χ1n) is 6.65. The quantitative estimate of drug-likeness (QED) is 0.904. The molecule has 1 heterocycles. The van der Waals surface area contributed by atoms with Crippen molar-refractivity contribution in [1.82, 2.24) is 0 Å². The molecule has 0 spiro atoms. The van der Waals surface area contributed by atoms with E-state index in [0.29, 0.717) is 25.7 Å². The van der Waals surface area contributed by atoms with Gasteiger partial charge in [-0.1, -0.05) is 13.8 Å². The average molecular weight is 260 g/mol. The molecule has 1 aromatic rings. The number of nitrogens with zero attached hydrogens (tertiary/aromatic N) is 1. The smallest absolute Gasteiger partial charge is 0.163 e. The Morgan fingerprint density at radius 2 is 1.89 bits per heavy atom. The number of benzene rings is 1. The van der Waals surface area contributed by atoms with Crippen LogP contribution in [-0.4, -0.2) is 19.8 Å². The lowest BCUT2D eigenvalue weighted by Crippen LogP contribution is -2.19. The van der Waals surface area contributed by atoms with E-state index < -0.39 is 0 Å². The number of aryl methyl sites for hydroxylation is 1. The van der Waals surface area contributed by atoms with Crippen molar-refractivity contribution in [3.8, 4) is 17.6 Å². The van der Waals surface area contributed by atoms with Crippen molar-refractivity contribution in [3.05, 3.63) is 17.7 Å². The van der Waals surface area contributed by atoms with E-state index in [9.17, 15) is 0 Å². The van der Waals surface area contributed by atoms with Crippen LogP contribution < -0.4 is 14.8 Å². The Morgan fingerprint density at radius 1 is 1.26 bits per heavy atom. The van der Waals surface area contributed by atoms with E-state index in [-0.39, 0.29) is 5.92 Å². The van der Waals surface area contributed by atoms with Gasteiger partial charge >= 0.3 is 0 Å². The summed E-state index contributed by atoms with van der Waals surface area (Å²) in [6.45, 7) is 7.98. The molecule has 1 aliphatic rings. The monoisotopic (exact) mass is 260 g/mol. The standard InChI is InChI=1S/C15H20N2O2/c1-10(2)12(8-16)9-17-13-7-15-14(6-11(13)3)18-4-5-19-15/h6-7,10,12,17H,4-5,9H2,1-3H3. The Kier molecular flexibility index (Phi) is 4.16. The molecule has 0 amide bonds. The highest BCUT2D eigenvalue weighted by atomic mass is 16.6. The number of hydrogen-bond acceptors (Lipinski definition) is 4. The molecule has 1 atom stereocenters. The van der Waals surface area contributed by atoms with Crippen LogP contribution >= 0.6 is 0 Å². The predicted molar refractivity (Wildman–Crippen MR) is 74.6 cm³/mol. The van der Waals surface area contributed by atoms with E-state index in [0.717, 1.165) is 22.7 Å². The minimum Gasteiger partial charge on any atom is -0.486 e. The van der Waals surface area contributed by atoms with Crippen LogP contribution in [0.3, 0.4) is 0 Å². The zero-order valence-corrected chi connectivity index (χ0v) is 11.7. The van der Waals surface area contributed by atoms with Crippen LogP contribution in [0.5, 0.6) is 11.5 Å². The molecule has 102 valence electrons. The van der Waals surface area contributed by atoms with Crippen molar-refractivity contribution in [3.63, 3.8) is 0 Å². The number of hydrogen-bond donors (Lipinski definition) is 1. The van der Waals surface area contributed by atoms with Gasteiger partial charge in [0.05, 0.1) is 12.0 Å². The highest BCUT2D eigenvalue weighted by Gasteiger charge is 2.16. The molecule has 0 saturated heterocycles. The molecule has 4 heteroatoms. The highest BCUT2D eigenvalue weighted by molar-refractivity contribution is 5.60. The van der Waals surface area contributed by atoms with Crippen molar-refractivity contribution < 1.29 is 9.47 Å². The van der Waals surface area contributed by atoms with E-state index in [1.54, 1.807) is 0 Å². The Hall–Kier alpha value is -1.89. The predicted octanol–water partition coefficient (Wildman–Crippen LogP) is 2.97. The van der Waals surface area contributed by atoms with Crippen molar-refractivity contribution in [2.75, 3.05) is 25.1 Å². The van der Waals surface area contributed by atoms with Crippen LogP contribution in [0.4, 0.5) is 5.69 Å². The van der Waals surface area contributed by atoms with E-state index in [1.807, 2.05) is 19.1 Å². The normalized spacial score (nSPS) is 14.9. The first-order valence-corrected chi connectivity index (χ1v) is 6.65. The summed E-state index contributed by atoms with van der Waals surface area (Å²) < 4.78 is 11.1. The molecule has 4 nitrogen and oxygen atoms in total. The SMILES string of the molecule is Cc1cc2c(cc1NCC(C#N)C(C)C)OCCO2. The molecule has 0 radical (unpaired) electrons. The zero-order chi connectivity index (χ0) is 13.8. The second kappa shape index (κ2) is 5.83. The minimum atomic E-state index is 0.00704. The van der Waals surface area contributed by atoms with Gasteiger partial charge in [-0.2, -0.15) is 5.26 Å². The molecule has 0 aliphatic carbocycles. The first-order chi connectivity index (χ1) is 9.11. The van der Waals surface area contributed by atoms with Gasteiger partial charge in [0, 0.05) is 18.3 Å². The molecule has 2 rings (SSSR count). The largest absolute Gasteiger partial charge is 0.486 e. The fourth-order valence-corrected chi connectivity index (χ4v) is 2.03. The maximum atomic E-state index is 9.10. The number of fused-ring (bicyclic) bond motifs is 1. The third-order valence-electron chi connectivity index (χ3n) is 3.37. The zero-order valence-electron chi connectivity index (χ0n) is 11.7. The molecule has 0 bridgehead atoms. The Labute approximate surface area is 114 Å². The van der Waals surface area contributed by atoms with Crippen LogP contribution in [0.25, 0.3) is 0 Å². The van der Waals surface area contributed by atoms with Crippen LogP contribution in [-0.2, 0) is 0 Å². The van der Waals surface area contributed by atoms with Gasteiger partial charge in [0.1, 0.15) is 13.2 Å². The Morgan fingerprint density at radius 3 is 2.47 bits per heavy atom. The van der Waals surface area contributed by atoms with Crippen LogP contribution in [0.1, 0.15) is 19.4 Å². The maximum Gasteiger partial charge on any atom is 0.163 e. The van der Waals surface area contributed by atoms with Gasteiger partial charge in [-0.05, 0) is 24.5 Å². The fourth-order valence-electron chi connectivity index (χ4n) is 2.03. The number of rotatable bonds is 4. The number of ether oxygens (including phenoxy) is 2. The molecule has 19 heavy (non-hydrogen) atoms. The van der Waals surface area contributed by atoms with Gasteiger partial charge < -0.3 is 14.8 Å². The van der Waals surface area contributed by atoms with Crippen molar-refractivity contribution in [2.24, 2.45) is 11.8 Å². The van der Waals surface area contributed by atoms with Crippen molar-refractivity contribution in [1.29, 1.82) is 5.26 Å². The summed E-state index contributed by atoms with van der Waals surface area (Å²) in [4.78, 5) is 0. The van der Waals surface area contributed by atoms with Crippen molar-refractivity contribution in [2.45, 2.75) is 20.8 Å². The van der Waals surface area contributed by atoms with Gasteiger partial charge in [-0.15, -0.1) is 0 Å². The summed E-state index contributed by atoms with van der Waals surface area (Å²) in [5.41, 5.74) is 2.11. The summed E-state index contributed by atoms with van der Waals surface area (Å²) >= 11 is 0. The van der Waals surface area contributed by atoms with E-state index in [4.69, 9.17) is 14.7 Å². The van der Waals surface area contributed by atoms with E-state index in [1.165, 1.54) is 0 Å². The third-order valence-corrected chi connectivity index (χ3v) is 3.37. The molecule has 0 fully saturated rings. The molecular weight excluding hydrogens is 240 g/mol. The van der Waals surface area contributed by atoms with Crippen LogP contribution in [0, 0.1) is 30.1 Å². The van der Waals surface area contributed by atoms with Crippen LogP contribution in [0.2, 0.25) is 0 Å². The molecule has 0 aromatic heterocycles. The molecule has 1 unspecified atom stereocenters. The lowest BCUT2D eigenvalue weighted by molar-refractivity contribution is 0.171. The van der Waals surface area contributed by atoms with E-state index >= 15 is 0 Å². The van der Waals surface area contributed by atoms with Gasteiger partial charge in [0.25, 0.3) is 0 Å². The number of anilines is 1. The fraction of sp³-hybridized carbons (Fsp3) is 0.533. The van der Waals surface area contributed by atoms with Gasteiger partial charge in [0.2, 0.25) is 0 Å². The summed E-state index contributed by atoms with van der Waals surface area (Å²) in [6.07, 6.45) is 0. The number of nitriles is 1. The summed E-state index contributed by atoms with van der Waals surface area (Å²) in [7, 11) is 0. The average Bonchev–Trinajstić information content (AvgIpc) is 2.39. The van der Waals surface area contributed by atoms with E-state index in [2.05, 4.69) is 25.2 Å². The minimum absolute atomic E-state index is 0.00704. The third kappa shape index (κ3) is 3.11. The van der Waals surface area contributed by atoms with Gasteiger partial charge in [0.15, 0.2) is 11.5 Å². The summed E-state index contributed by atoms with van der Waals surface area (Å²) in [5.74, 6) is 1.93. The summed E-state index contributed by atoms with van der Waals surface area (Å²) in [5, 5.41) is 12.4. The number of nitrogens with one attached hydrogen (secondary N) is 1. The lowest BCUT2D eigenvalue weighted by atomic mass is 9.97. The summed E-state index contributed by atoms with van der Waals surface area (Å²) in [6, 6.07) is 6.27. The molecule has 1 aliphatic heterocycles. The van der Waals surface area contributed by atoms with Gasteiger partial charge in [-0.3, -0.25) is 0 Å². The second-order valence-corrected chi connectivity index (χ2v) is 5.17. The van der Waals surface area contributed by atoms with Crippen molar-refractivity contribution >= 4 is 5.69 Å². The molecule has 1 aromatic carbocycles. The maximum absolute atomic E-state index is 9.10. The Balaban J connectivity index is 2.10. The molecule has 0 saturated carbocycles. The topological polar surface area (TPSA) is 54.3 Å².